The highest BCUT2D eigenvalue weighted by Gasteiger charge is 2.29. The van der Waals surface area contributed by atoms with E-state index in [9.17, 15) is 9.59 Å². The quantitative estimate of drug-likeness (QED) is 0.887. The number of anilines is 1. The maximum absolute atomic E-state index is 12.7. The number of piperidine rings is 1. The number of benzene rings is 1. The molecule has 0 spiro atoms. The lowest BCUT2D eigenvalue weighted by Gasteiger charge is -2.32. The van der Waals surface area contributed by atoms with Gasteiger partial charge in [0.1, 0.15) is 0 Å². The number of likely N-dealkylation sites (tertiary alicyclic amines) is 1. The molecule has 1 aliphatic rings. The summed E-state index contributed by atoms with van der Waals surface area (Å²) >= 11 is 0. The minimum atomic E-state index is -0.0982. The maximum atomic E-state index is 12.7. The van der Waals surface area contributed by atoms with E-state index in [4.69, 9.17) is 0 Å². The van der Waals surface area contributed by atoms with Gasteiger partial charge in [-0.2, -0.15) is 0 Å². The molecule has 1 aromatic carbocycles. The SMILES string of the molecule is CCNc1ccccc1C(=O)N1CCCC(C(=O)NC)C1. The highest BCUT2D eigenvalue weighted by Crippen LogP contribution is 2.22. The van der Waals surface area contributed by atoms with Gasteiger partial charge in [0.05, 0.1) is 11.5 Å². The van der Waals surface area contributed by atoms with Crippen molar-refractivity contribution in [2.24, 2.45) is 5.92 Å². The number of carbonyl (C=O) groups excluding carboxylic acids is 2. The normalized spacial score (nSPS) is 18.2. The molecule has 2 N–H and O–H groups in total. The molecule has 0 aromatic heterocycles. The molecule has 0 bridgehead atoms. The third kappa shape index (κ3) is 3.54. The summed E-state index contributed by atoms with van der Waals surface area (Å²) in [6.45, 7) is 3.99. The van der Waals surface area contributed by atoms with Gasteiger partial charge in [0.2, 0.25) is 5.91 Å². The first-order chi connectivity index (χ1) is 10.2. The Labute approximate surface area is 125 Å². The van der Waals surface area contributed by atoms with Gasteiger partial charge in [-0.25, -0.2) is 0 Å². The number of amides is 2. The van der Waals surface area contributed by atoms with Gasteiger partial charge in [-0.05, 0) is 31.9 Å². The molecular weight excluding hydrogens is 266 g/mol. The lowest BCUT2D eigenvalue weighted by molar-refractivity contribution is -0.125. The zero-order valence-electron chi connectivity index (χ0n) is 12.7. The van der Waals surface area contributed by atoms with Gasteiger partial charge in [-0.15, -0.1) is 0 Å². The van der Waals surface area contributed by atoms with Crippen molar-refractivity contribution in [3.8, 4) is 0 Å². The number of nitrogens with zero attached hydrogens (tertiary/aromatic N) is 1. The Balaban J connectivity index is 2.14. The van der Waals surface area contributed by atoms with Crippen molar-refractivity contribution in [2.75, 3.05) is 32.0 Å². The van der Waals surface area contributed by atoms with Crippen molar-refractivity contribution >= 4 is 17.5 Å². The Hall–Kier alpha value is -2.04. The Morgan fingerprint density at radius 1 is 1.33 bits per heavy atom. The Morgan fingerprint density at radius 2 is 2.10 bits per heavy atom. The summed E-state index contributed by atoms with van der Waals surface area (Å²) in [7, 11) is 1.64. The lowest BCUT2D eigenvalue weighted by atomic mass is 9.96. The second-order valence-corrected chi connectivity index (χ2v) is 5.28. The van der Waals surface area contributed by atoms with Crippen molar-refractivity contribution < 1.29 is 9.59 Å². The van der Waals surface area contributed by atoms with Gasteiger partial charge in [0.15, 0.2) is 0 Å². The average Bonchev–Trinajstić information content (AvgIpc) is 2.54. The number of hydrogen-bond acceptors (Lipinski definition) is 3. The average molecular weight is 289 g/mol. The summed E-state index contributed by atoms with van der Waals surface area (Å²) in [5, 5.41) is 5.89. The first kappa shape index (κ1) is 15.4. The van der Waals surface area contributed by atoms with Crippen LogP contribution in [-0.4, -0.2) is 43.4 Å². The topological polar surface area (TPSA) is 61.4 Å². The van der Waals surface area contributed by atoms with Gasteiger partial charge in [-0.1, -0.05) is 12.1 Å². The molecule has 5 nitrogen and oxygen atoms in total. The van der Waals surface area contributed by atoms with Crippen molar-refractivity contribution in [1.82, 2.24) is 10.2 Å². The predicted octanol–water partition coefficient (Wildman–Crippen LogP) is 1.72. The second-order valence-electron chi connectivity index (χ2n) is 5.28. The van der Waals surface area contributed by atoms with Crippen LogP contribution in [0.5, 0.6) is 0 Å². The van der Waals surface area contributed by atoms with Crippen molar-refractivity contribution in [1.29, 1.82) is 0 Å². The number of hydrogen-bond donors (Lipinski definition) is 2. The molecule has 1 aromatic rings. The van der Waals surface area contributed by atoms with Crippen LogP contribution in [0.2, 0.25) is 0 Å². The fraction of sp³-hybridized carbons (Fsp3) is 0.500. The number of nitrogens with one attached hydrogen (secondary N) is 2. The summed E-state index contributed by atoms with van der Waals surface area (Å²) in [6, 6.07) is 7.54. The smallest absolute Gasteiger partial charge is 0.255 e. The lowest BCUT2D eigenvalue weighted by Crippen LogP contribution is -2.44. The molecule has 1 fully saturated rings. The molecule has 1 aliphatic heterocycles. The standard InChI is InChI=1S/C16H23N3O2/c1-3-18-14-9-5-4-8-13(14)16(21)19-10-6-7-12(11-19)15(20)17-2/h4-5,8-9,12,18H,3,6-7,10-11H2,1-2H3,(H,17,20). The summed E-state index contributed by atoms with van der Waals surface area (Å²) in [4.78, 5) is 26.3. The number of carbonyl (C=O) groups is 2. The van der Waals surface area contributed by atoms with E-state index in [1.54, 1.807) is 11.9 Å². The largest absolute Gasteiger partial charge is 0.385 e. The van der Waals surface area contributed by atoms with Gasteiger partial charge in [-0.3, -0.25) is 9.59 Å². The Bertz CT molecular complexity index is 516. The highest BCUT2D eigenvalue weighted by atomic mass is 16.2. The third-order valence-electron chi connectivity index (χ3n) is 3.85. The summed E-state index contributed by atoms with van der Waals surface area (Å²) in [5.74, 6) is -0.0772. The third-order valence-corrected chi connectivity index (χ3v) is 3.85. The van der Waals surface area contributed by atoms with Gasteiger partial charge in [0.25, 0.3) is 5.91 Å². The number of para-hydroxylation sites is 1. The molecule has 0 radical (unpaired) electrons. The molecular formula is C16H23N3O2. The molecule has 5 heteroatoms. The molecule has 1 unspecified atom stereocenters. The van der Waals surface area contributed by atoms with Gasteiger partial charge < -0.3 is 15.5 Å². The highest BCUT2D eigenvalue weighted by molar-refractivity contribution is 6.00. The fourth-order valence-electron chi connectivity index (χ4n) is 2.76. The van der Waals surface area contributed by atoms with Crippen molar-refractivity contribution in [2.45, 2.75) is 19.8 Å². The van der Waals surface area contributed by atoms with Crippen molar-refractivity contribution in [3.05, 3.63) is 29.8 Å². The molecule has 1 atom stereocenters. The number of rotatable bonds is 4. The summed E-state index contributed by atoms with van der Waals surface area (Å²) in [6.07, 6.45) is 1.71. The molecule has 2 amide bonds. The predicted molar refractivity (Wildman–Crippen MR) is 83.3 cm³/mol. The molecule has 0 aliphatic carbocycles. The first-order valence-electron chi connectivity index (χ1n) is 7.51. The summed E-state index contributed by atoms with van der Waals surface area (Å²) < 4.78 is 0. The Kier molecular flexibility index (Phi) is 5.20. The zero-order chi connectivity index (χ0) is 15.2. The van der Waals surface area contributed by atoms with Crippen LogP contribution in [0, 0.1) is 5.92 Å². The van der Waals surface area contributed by atoms with E-state index in [1.165, 1.54) is 0 Å². The van der Waals surface area contributed by atoms with E-state index in [1.807, 2.05) is 31.2 Å². The molecule has 21 heavy (non-hydrogen) atoms. The minimum absolute atomic E-state index is 0.000142. The van der Waals surface area contributed by atoms with Crippen LogP contribution in [-0.2, 0) is 4.79 Å². The van der Waals surface area contributed by atoms with Crippen LogP contribution in [0.15, 0.2) is 24.3 Å². The van der Waals surface area contributed by atoms with E-state index >= 15 is 0 Å². The van der Waals surface area contributed by atoms with Crippen LogP contribution in [0.4, 0.5) is 5.69 Å². The first-order valence-corrected chi connectivity index (χ1v) is 7.51. The maximum Gasteiger partial charge on any atom is 0.255 e. The zero-order valence-corrected chi connectivity index (χ0v) is 12.7. The van der Waals surface area contributed by atoms with E-state index in [2.05, 4.69) is 10.6 Å². The van der Waals surface area contributed by atoms with E-state index < -0.39 is 0 Å². The molecule has 114 valence electrons. The van der Waals surface area contributed by atoms with Crippen LogP contribution in [0.1, 0.15) is 30.1 Å². The molecule has 0 saturated carbocycles. The van der Waals surface area contributed by atoms with Gasteiger partial charge in [0, 0.05) is 32.4 Å². The van der Waals surface area contributed by atoms with E-state index in [-0.39, 0.29) is 17.7 Å². The van der Waals surface area contributed by atoms with Crippen LogP contribution in [0.25, 0.3) is 0 Å². The molecule has 2 rings (SSSR count). The fourth-order valence-corrected chi connectivity index (χ4v) is 2.76. The second kappa shape index (κ2) is 7.11. The van der Waals surface area contributed by atoms with E-state index in [0.717, 1.165) is 25.1 Å². The molecule has 1 saturated heterocycles. The van der Waals surface area contributed by atoms with Crippen LogP contribution in [0.3, 0.4) is 0 Å². The Morgan fingerprint density at radius 3 is 2.81 bits per heavy atom. The minimum Gasteiger partial charge on any atom is -0.385 e. The van der Waals surface area contributed by atoms with E-state index in [0.29, 0.717) is 18.7 Å². The monoisotopic (exact) mass is 289 g/mol. The van der Waals surface area contributed by atoms with Crippen LogP contribution < -0.4 is 10.6 Å². The van der Waals surface area contributed by atoms with Gasteiger partial charge >= 0.3 is 0 Å². The molecule has 1 heterocycles. The van der Waals surface area contributed by atoms with Crippen LogP contribution >= 0.6 is 0 Å². The summed E-state index contributed by atoms with van der Waals surface area (Å²) in [5.41, 5.74) is 1.53. The van der Waals surface area contributed by atoms with Crippen molar-refractivity contribution in [3.63, 3.8) is 0 Å².